The van der Waals surface area contributed by atoms with Crippen LogP contribution in [0.1, 0.15) is 10.4 Å². The highest BCUT2D eigenvalue weighted by atomic mass is 35.5. The summed E-state index contributed by atoms with van der Waals surface area (Å²) >= 11 is 5.90. The number of anilines is 3. The molecule has 6 heteroatoms. The van der Waals surface area contributed by atoms with Gasteiger partial charge in [-0.15, -0.1) is 0 Å². The number of carbonyl (C=O) groups is 1. The first kappa shape index (κ1) is 16.8. The van der Waals surface area contributed by atoms with E-state index in [1.807, 2.05) is 30.3 Å². The zero-order valence-electron chi connectivity index (χ0n) is 13.5. The molecule has 1 aromatic heterocycles. The topological polar surface area (TPSA) is 63.2 Å². The van der Waals surface area contributed by atoms with Gasteiger partial charge in [-0.05, 0) is 54.6 Å². The van der Waals surface area contributed by atoms with Crippen molar-refractivity contribution in [3.8, 4) is 5.75 Å². The first-order chi connectivity index (χ1) is 12.1. The van der Waals surface area contributed by atoms with E-state index in [9.17, 15) is 4.79 Å². The molecule has 2 N–H and O–H groups in total. The number of ether oxygens (including phenoxy) is 1. The fourth-order valence-corrected chi connectivity index (χ4v) is 2.39. The number of aromatic nitrogens is 1. The Bertz CT molecular complexity index is 865. The lowest BCUT2D eigenvalue weighted by Crippen LogP contribution is -2.12. The van der Waals surface area contributed by atoms with E-state index < -0.39 is 0 Å². The molecule has 0 bridgehead atoms. The maximum Gasteiger partial charge on any atom is 0.256 e. The van der Waals surface area contributed by atoms with Gasteiger partial charge in [0.25, 0.3) is 5.91 Å². The summed E-state index contributed by atoms with van der Waals surface area (Å²) in [6.07, 6.45) is 1.65. The third-order valence-corrected chi connectivity index (χ3v) is 3.71. The molecule has 25 heavy (non-hydrogen) atoms. The Morgan fingerprint density at radius 1 is 1.04 bits per heavy atom. The summed E-state index contributed by atoms with van der Waals surface area (Å²) in [5.41, 5.74) is 2.21. The number of benzene rings is 2. The number of rotatable bonds is 5. The van der Waals surface area contributed by atoms with Crippen LogP contribution in [-0.2, 0) is 0 Å². The molecule has 0 atom stereocenters. The summed E-state index contributed by atoms with van der Waals surface area (Å²) in [5, 5.41) is 6.48. The molecule has 0 aliphatic carbocycles. The van der Waals surface area contributed by atoms with E-state index in [1.54, 1.807) is 43.6 Å². The molecule has 0 spiro atoms. The van der Waals surface area contributed by atoms with Gasteiger partial charge in [0.2, 0.25) is 0 Å². The van der Waals surface area contributed by atoms with Crippen molar-refractivity contribution in [1.29, 1.82) is 0 Å². The summed E-state index contributed by atoms with van der Waals surface area (Å²) in [6, 6.07) is 17.9. The Hall–Kier alpha value is -3.05. The molecular weight excluding hydrogens is 338 g/mol. The van der Waals surface area contributed by atoms with E-state index in [1.165, 1.54) is 0 Å². The molecular formula is C19H16ClN3O2. The van der Waals surface area contributed by atoms with Gasteiger partial charge in [0, 0.05) is 16.3 Å². The number of methoxy groups -OCH3 is 1. The third-order valence-electron chi connectivity index (χ3n) is 3.47. The largest absolute Gasteiger partial charge is 0.497 e. The van der Waals surface area contributed by atoms with Gasteiger partial charge in [-0.3, -0.25) is 4.79 Å². The molecule has 1 amide bonds. The summed E-state index contributed by atoms with van der Waals surface area (Å²) in [6.45, 7) is 0. The van der Waals surface area contributed by atoms with E-state index in [0.717, 1.165) is 17.1 Å². The molecule has 3 rings (SSSR count). The van der Waals surface area contributed by atoms with Gasteiger partial charge < -0.3 is 15.4 Å². The fraction of sp³-hybridized carbons (Fsp3) is 0.0526. The molecule has 5 nitrogen and oxygen atoms in total. The van der Waals surface area contributed by atoms with Crippen LogP contribution in [0.15, 0.2) is 66.9 Å². The molecule has 2 aromatic carbocycles. The smallest absolute Gasteiger partial charge is 0.256 e. The number of halogens is 1. The second-order valence-electron chi connectivity index (χ2n) is 5.25. The number of carbonyl (C=O) groups excluding carboxylic acids is 1. The van der Waals surface area contributed by atoms with Crippen molar-refractivity contribution >= 4 is 34.7 Å². The molecule has 0 radical (unpaired) electrons. The van der Waals surface area contributed by atoms with E-state index in [2.05, 4.69) is 15.6 Å². The highest BCUT2D eigenvalue weighted by Crippen LogP contribution is 2.20. The van der Waals surface area contributed by atoms with Crippen molar-refractivity contribution in [2.45, 2.75) is 0 Å². The van der Waals surface area contributed by atoms with Crippen LogP contribution in [0, 0.1) is 0 Å². The lowest BCUT2D eigenvalue weighted by atomic mass is 10.2. The summed E-state index contributed by atoms with van der Waals surface area (Å²) in [5.74, 6) is 0.999. The zero-order chi connectivity index (χ0) is 17.6. The van der Waals surface area contributed by atoms with Gasteiger partial charge in [-0.2, -0.15) is 0 Å². The molecule has 1 heterocycles. The van der Waals surface area contributed by atoms with Crippen LogP contribution in [0.4, 0.5) is 17.2 Å². The van der Waals surface area contributed by atoms with Crippen molar-refractivity contribution in [2.24, 2.45) is 0 Å². The van der Waals surface area contributed by atoms with E-state index in [-0.39, 0.29) is 5.91 Å². The summed E-state index contributed by atoms with van der Waals surface area (Å²) in [4.78, 5) is 16.4. The van der Waals surface area contributed by atoms with Gasteiger partial charge >= 0.3 is 0 Å². The lowest BCUT2D eigenvalue weighted by molar-refractivity contribution is 0.102. The predicted octanol–water partition coefficient (Wildman–Crippen LogP) is 4.74. The number of pyridine rings is 1. The van der Waals surface area contributed by atoms with Crippen LogP contribution in [-0.4, -0.2) is 18.0 Å². The number of nitrogens with zero attached hydrogens (tertiary/aromatic N) is 1. The Morgan fingerprint density at radius 3 is 2.44 bits per heavy atom. The standard InChI is InChI=1S/C19H16ClN3O2/c1-25-17-8-5-15(6-9-17)22-16-7-10-18(21-12-16)23-19(24)13-3-2-4-14(20)11-13/h2-12,22H,1H3,(H,21,23,24). The molecule has 0 saturated heterocycles. The Balaban J connectivity index is 1.64. The minimum Gasteiger partial charge on any atom is -0.497 e. The minimum absolute atomic E-state index is 0.258. The molecule has 0 fully saturated rings. The molecule has 0 aliphatic rings. The summed E-state index contributed by atoms with van der Waals surface area (Å²) in [7, 11) is 1.63. The maximum absolute atomic E-state index is 12.2. The fourth-order valence-electron chi connectivity index (χ4n) is 2.20. The van der Waals surface area contributed by atoms with E-state index in [0.29, 0.717) is 16.4 Å². The average Bonchev–Trinajstić information content (AvgIpc) is 2.64. The second kappa shape index (κ2) is 7.68. The molecule has 0 unspecified atom stereocenters. The van der Waals surface area contributed by atoms with Crippen molar-refractivity contribution in [3.05, 3.63) is 77.4 Å². The van der Waals surface area contributed by atoms with Crippen LogP contribution in [0.25, 0.3) is 0 Å². The quantitative estimate of drug-likeness (QED) is 0.695. The Labute approximate surface area is 150 Å². The predicted molar refractivity (Wildman–Crippen MR) is 99.9 cm³/mol. The van der Waals surface area contributed by atoms with Crippen molar-refractivity contribution in [1.82, 2.24) is 4.98 Å². The minimum atomic E-state index is -0.258. The van der Waals surface area contributed by atoms with E-state index >= 15 is 0 Å². The number of nitrogens with one attached hydrogen (secondary N) is 2. The monoisotopic (exact) mass is 353 g/mol. The van der Waals surface area contributed by atoms with Crippen LogP contribution in [0.5, 0.6) is 5.75 Å². The number of hydrogen-bond donors (Lipinski definition) is 2. The highest BCUT2D eigenvalue weighted by molar-refractivity contribution is 6.31. The van der Waals surface area contributed by atoms with Gasteiger partial charge in [-0.1, -0.05) is 17.7 Å². The van der Waals surface area contributed by atoms with Crippen molar-refractivity contribution < 1.29 is 9.53 Å². The zero-order valence-corrected chi connectivity index (χ0v) is 14.2. The molecule has 0 aliphatic heterocycles. The highest BCUT2D eigenvalue weighted by Gasteiger charge is 2.07. The SMILES string of the molecule is COc1ccc(Nc2ccc(NC(=O)c3cccc(Cl)c3)nc2)cc1. The van der Waals surface area contributed by atoms with Gasteiger partial charge in [0.15, 0.2) is 0 Å². The van der Waals surface area contributed by atoms with Crippen molar-refractivity contribution in [3.63, 3.8) is 0 Å². The number of hydrogen-bond acceptors (Lipinski definition) is 4. The van der Waals surface area contributed by atoms with Gasteiger partial charge in [0.1, 0.15) is 11.6 Å². The van der Waals surface area contributed by atoms with Crippen LogP contribution < -0.4 is 15.4 Å². The average molecular weight is 354 g/mol. The van der Waals surface area contributed by atoms with Crippen LogP contribution in [0.3, 0.4) is 0 Å². The lowest BCUT2D eigenvalue weighted by Gasteiger charge is -2.09. The first-order valence-corrected chi connectivity index (χ1v) is 7.96. The van der Waals surface area contributed by atoms with Crippen molar-refractivity contribution in [2.75, 3.05) is 17.7 Å². The summed E-state index contributed by atoms with van der Waals surface area (Å²) < 4.78 is 5.13. The molecule has 3 aromatic rings. The third kappa shape index (κ3) is 4.49. The second-order valence-corrected chi connectivity index (χ2v) is 5.69. The van der Waals surface area contributed by atoms with Gasteiger partial charge in [-0.25, -0.2) is 4.98 Å². The normalized spacial score (nSPS) is 10.2. The first-order valence-electron chi connectivity index (χ1n) is 7.58. The van der Waals surface area contributed by atoms with Crippen LogP contribution >= 0.6 is 11.6 Å². The molecule has 0 saturated carbocycles. The number of amides is 1. The van der Waals surface area contributed by atoms with Gasteiger partial charge in [0.05, 0.1) is 19.0 Å². The maximum atomic E-state index is 12.2. The molecule has 126 valence electrons. The Morgan fingerprint density at radius 2 is 1.80 bits per heavy atom. The van der Waals surface area contributed by atoms with E-state index in [4.69, 9.17) is 16.3 Å². The Kier molecular flexibility index (Phi) is 5.16. The van der Waals surface area contributed by atoms with Crippen LogP contribution in [0.2, 0.25) is 5.02 Å².